The van der Waals surface area contributed by atoms with Crippen LogP contribution in [0.5, 0.6) is 5.75 Å². The Hall–Kier alpha value is -2.05. The third-order valence-electron chi connectivity index (χ3n) is 4.19. The molecular weight excluding hydrogens is 360 g/mol. The number of fused-ring (bicyclic) bond motifs is 1. The Kier molecular flexibility index (Phi) is 5.30. The number of thiophene rings is 1. The molecule has 7 heteroatoms. The highest BCUT2D eigenvalue weighted by atomic mass is 35.5. The quantitative estimate of drug-likeness (QED) is 0.833. The van der Waals surface area contributed by atoms with Crippen molar-refractivity contribution in [2.24, 2.45) is 11.7 Å². The van der Waals surface area contributed by atoms with E-state index in [9.17, 15) is 9.59 Å². The summed E-state index contributed by atoms with van der Waals surface area (Å²) in [6.45, 7) is 2.03. The van der Waals surface area contributed by atoms with Crippen LogP contribution in [0.1, 0.15) is 34.1 Å². The molecule has 0 saturated heterocycles. The summed E-state index contributed by atoms with van der Waals surface area (Å²) in [5, 5.41) is 3.90. The Morgan fingerprint density at radius 3 is 2.76 bits per heavy atom. The molecule has 25 heavy (non-hydrogen) atoms. The van der Waals surface area contributed by atoms with Crippen LogP contribution < -0.4 is 15.8 Å². The van der Waals surface area contributed by atoms with E-state index in [1.165, 1.54) is 11.3 Å². The summed E-state index contributed by atoms with van der Waals surface area (Å²) in [5.74, 6) is 0.294. The van der Waals surface area contributed by atoms with Gasteiger partial charge < -0.3 is 15.8 Å². The maximum absolute atomic E-state index is 12.2. The SMILES string of the molecule is C[C@H]1CCc2c(sc(NC(=O)COc3ccc(Cl)cc3)c2C(N)=O)C1. The van der Waals surface area contributed by atoms with Crippen molar-refractivity contribution in [3.05, 3.63) is 45.3 Å². The van der Waals surface area contributed by atoms with E-state index in [1.54, 1.807) is 24.3 Å². The number of anilines is 1. The molecule has 0 unspecified atom stereocenters. The number of carbonyl (C=O) groups is 2. The number of halogens is 1. The minimum absolute atomic E-state index is 0.154. The molecule has 0 bridgehead atoms. The molecule has 5 nitrogen and oxygen atoms in total. The van der Waals surface area contributed by atoms with E-state index in [0.717, 1.165) is 29.7 Å². The van der Waals surface area contributed by atoms with Gasteiger partial charge in [-0.25, -0.2) is 0 Å². The second-order valence-corrected chi connectivity index (χ2v) is 7.75. The lowest BCUT2D eigenvalue weighted by atomic mass is 9.88. The molecule has 1 atom stereocenters. The molecule has 1 heterocycles. The van der Waals surface area contributed by atoms with E-state index < -0.39 is 5.91 Å². The average molecular weight is 379 g/mol. The summed E-state index contributed by atoms with van der Waals surface area (Å²) < 4.78 is 5.43. The van der Waals surface area contributed by atoms with Gasteiger partial charge in [0.05, 0.1) is 5.56 Å². The van der Waals surface area contributed by atoms with Crippen molar-refractivity contribution in [3.63, 3.8) is 0 Å². The molecule has 132 valence electrons. The second-order valence-electron chi connectivity index (χ2n) is 6.21. The molecule has 2 aromatic rings. The molecule has 3 N–H and O–H groups in total. The van der Waals surface area contributed by atoms with Crippen LogP contribution in [0, 0.1) is 5.92 Å². The van der Waals surface area contributed by atoms with Crippen molar-refractivity contribution in [1.82, 2.24) is 0 Å². The van der Waals surface area contributed by atoms with Gasteiger partial charge in [0.1, 0.15) is 10.8 Å². The monoisotopic (exact) mass is 378 g/mol. The highest BCUT2D eigenvalue weighted by molar-refractivity contribution is 7.17. The lowest BCUT2D eigenvalue weighted by molar-refractivity contribution is -0.118. The number of hydrogen-bond donors (Lipinski definition) is 2. The van der Waals surface area contributed by atoms with E-state index in [-0.39, 0.29) is 12.5 Å². The zero-order valence-corrected chi connectivity index (χ0v) is 15.4. The zero-order valence-electron chi connectivity index (χ0n) is 13.8. The van der Waals surface area contributed by atoms with Crippen LogP contribution in [0.2, 0.25) is 5.02 Å². The van der Waals surface area contributed by atoms with Crippen LogP contribution in [0.25, 0.3) is 0 Å². The Balaban J connectivity index is 1.70. The first kappa shape index (κ1) is 17.8. The van der Waals surface area contributed by atoms with Gasteiger partial charge in [-0.2, -0.15) is 0 Å². The van der Waals surface area contributed by atoms with Crippen LogP contribution in [0.15, 0.2) is 24.3 Å². The Morgan fingerprint density at radius 2 is 2.08 bits per heavy atom. The van der Waals surface area contributed by atoms with Crippen molar-refractivity contribution < 1.29 is 14.3 Å². The zero-order chi connectivity index (χ0) is 18.0. The largest absolute Gasteiger partial charge is 0.484 e. The second kappa shape index (κ2) is 7.45. The number of ether oxygens (including phenoxy) is 1. The molecule has 1 aliphatic rings. The van der Waals surface area contributed by atoms with Gasteiger partial charge in [0, 0.05) is 9.90 Å². The highest BCUT2D eigenvalue weighted by Crippen LogP contribution is 2.39. The molecule has 2 amide bonds. The van der Waals surface area contributed by atoms with Gasteiger partial charge in [0.25, 0.3) is 11.8 Å². The number of amides is 2. The predicted molar refractivity (Wildman–Crippen MR) is 99.6 cm³/mol. The Morgan fingerprint density at radius 1 is 1.36 bits per heavy atom. The molecule has 0 aliphatic heterocycles. The van der Waals surface area contributed by atoms with E-state index in [1.807, 2.05) is 0 Å². The van der Waals surface area contributed by atoms with Crippen molar-refractivity contribution in [1.29, 1.82) is 0 Å². The smallest absolute Gasteiger partial charge is 0.262 e. The van der Waals surface area contributed by atoms with Crippen LogP contribution in [0.3, 0.4) is 0 Å². The number of hydrogen-bond acceptors (Lipinski definition) is 4. The summed E-state index contributed by atoms with van der Waals surface area (Å²) in [6, 6.07) is 6.76. The van der Waals surface area contributed by atoms with E-state index >= 15 is 0 Å². The third-order valence-corrected chi connectivity index (χ3v) is 5.62. The Bertz CT molecular complexity index is 801. The van der Waals surface area contributed by atoms with Gasteiger partial charge >= 0.3 is 0 Å². The first-order valence-electron chi connectivity index (χ1n) is 8.06. The fraction of sp³-hybridized carbons (Fsp3) is 0.333. The molecular formula is C18H19ClN2O3S. The molecule has 0 saturated carbocycles. The molecule has 3 rings (SSSR count). The fourth-order valence-corrected chi connectivity index (χ4v) is 4.50. The number of nitrogens with two attached hydrogens (primary N) is 1. The fourth-order valence-electron chi connectivity index (χ4n) is 2.94. The van der Waals surface area contributed by atoms with Crippen LogP contribution in [-0.2, 0) is 17.6 Å². The van der Waals surface area contributed by atoms with Crippen molar-refractivity contribution in [3.8, 4) is 5.75 Å². The highest BCUT2D eigenvalue weighted by Gasteiger charge is 2.27. The minimum atomic E-state index is -0.499. The topological polar surface area (TPSA) is 81.4 Å². The first-order valence-corrected chi connectivity index (χ1v) is 9.26. The molecule has 1 aromatic carbocycles. The van der Waals surface area contributed by atoms with E-state index in [0.29, 0.717) is 27.3 Å². The predicted octanol–water partition coefficient (Wildman–Crippen LogP) is 3.64. The lowest BCUT2D eigenvalue weighted by Crippen LogP contribution is -2.22. The van der Waals surface area contributed by atoms with Gasteiger partial charge in [-0.05, 0) is 55.0 Å². The average Bonchev–Trinajstić information content (AvgIpc) is 2.91. The molecule has 1 aliphatic carbocycles. The minimum Gasteiger partial charge on any atom is -0.484 e. The molecule has 1 aromatic heterocycles. The summed E-state index contributed by atoms with van der Waals surface area (Å²) in [6.07, 6.45) is 2.76. The van der Waals surface area contributed by atoms with Gasteiger partial charge in [-0.3, -0.25) is 9.59 Å². The summed E-state index contributed by atoms with van der Waals surface area (Å²) in [5.41, 5.74) is 6.99. The van der Waals surface area contributed by atoms with E-state index in [4.69, 9.17) is 22.1 Å². The number of rotatable bonds is 5. The number of nitrogens with one attached hydrogen (secondary N) is 1. The van der Waals surface area contributed by atoms with Gasteiger partial charge in [0.15, 0.2) is 6.61 Å². The molecule has 0 fully saturated rings. The summed E-state index contributed by atoms with van der Waals surface area (Å²) in [7, 11) is 0. The van der Waals surface area contributed by atoms with E-state index in [2.05, 4.69) is 12.2 Å². The number of carbonyl (C=O) groups excluding carboxylic acids is 2. The first-order chi connectivity index (χ1) is 11.9. The molecule has 0 radical (unpaired) electrons. The van der Waals surface area contributed by atoms with Crippen molar-refractivity contribution in [2.75, 3.05) is 11.9 Å². The van der Waals surface area contributed by atoms with Crippen molar-refractivity contribution >= 4 is 39.8 Å². The number of primary amides is 1. The van der Waals surface area contributed by atoms with Gasteiger partial charge in [-0.1, -0.05) is 18.5 Å². The van der Waals surface area contributed by atoms with Crippen molar-refractivity contribution in [2.45, 2.75) is 26.2 Å². The Labute approximate surface area is 155 Å². The molecule has 0 spiro atoms. The maximum atomic E-state index is 12.2. The normalized spacial score (nSPS) is 16.2. The maximum Gasteiger partial charge on any atom is 0.262 e. The summed E-state index contributed by atoms with van der Waals surface area (Å²) >= 11 is 7.25. The van der Waals surface area contributed by atoms with Gasteiger partial charge in [-0.15, -0.1) is 11.3 Å². The van der Waals surface area contributed by atoms with Crippen LogP contribution >= 0.6 is 22.9 Å². The van der Waals surface area contributed by atoms with Gasteiger partial charge in [0.2, 0.25) is 0 Å². The van der Waals surface area contributed by atoms with Crippen LogP contribution in [0.4, 0.5) is 5.00 Å². The third kappa shape index (κ3) is 4.14. The number of benzene rings is 1. The van der Waals surface area contributed by atoms with Crippen LogP contribution in [-0.4, -0.2) is 18.4 Å². The summed E-state index contributed by atoms with van der Waals surface area (Å²) in [4.78, 5) is 25.2. The lowest BCUT2D eigenvalue weighted by Gasteiger charge is -2.18. The standard InChI is InChI=1S/C18H19ClN2O3S/c1-10-2-7-13-14(8-10)25-18(16(13)17(20)23)21-15(22)9-24-12-5-3-11(19)4-6-12/h3-6,10H,2,7-9H2,1H3,(H2,20,23)(H,21,22)/t10-/m0/s1.